The molecule has 0 saturated carbocycles. The first-order chi connectivity index (χ1) is 18.1. The second kappa shape index (κ2) is 10.2. The van der Waals surface area contributed by atoms with Gasteiger partial charge in [-0.2, -0.15) is 4.98 Å². The van der Waals surface area contributed by atoms with Gasteiger partial charge in [-0.1, -0.05) is 19.9 Å². The lowest BCUT2D eigenvalue weighted by molar-refractivity contribution is -0.00860. The molecule has 2 saturated heterocycles. The number of hydrogen-bond acceptors (Lipinski definition) is 8. The third-order valence-corrected chi connectivity index (χ3v) is 7.87. The average Bonchev–Trinajstić information content (AvgIpc) is 2.90. The minimum Gasteiger partial charge on any atom is -0.390 e. The highest BCUT2D eigenvalue weighted by atomic mass is 19.1. The number of alkyl halides is 2. The maximum Gasteiger partial charge on any atom is 0.227 e. The predicted molar refractivity (Wildman–Crippen MR) is 146 cm³/mol. The number of aliphatic hydroxyl groups is 2. The number of pyridine rings is 1. The van der Waals surface area contributed by atoms with Gasteiger partial charge in [0.05, 0.1) is 18.2 Å². The van der Waals surface area contributed by atoms with Crippen LogP contribution in [0.2, 0.25) is 0 Å². The minimum atomic E-state index is -1.73. The van der Waals surface area contributed by atoms with Crippen LogP contribution in [-0.2, 0) is 0 Å². The van der Waals surface area contributed by atoms with Crippen molar-refractivity contribution in [3.8, 4) is 0 Å². The summed E-state index contributed by atoms with van der Waals surface area (Å²) in [5.74, 6) is 1.85. The largest absolute Gasteiger partial charge is 0.390 e. The van der Waals surface area contributed by atoms with Crippen LogP contribution in [0.15, 0.2) is 36.7 Å². The molecule has 0 amide bonds. The second-order valence-corrected chi connectivity index (χ2v) is 11.2. The number of fused-ring (bicyclic) bond motifs is 1. The van der Waals surface area contributed by atoms with Crippen LogP contribution in [0.4, 0.5) is 32.1 Å². The number of aliphatic hydroxyl groups excluding tert-OH is 1. The Morgan fingerprint density at radius 2 is 1.84 bits per heavy atom. The van der Waals surface area contributed by atoms with E-state index in [1.807, 2.05) is 12.3 Å². The van der Waals surface area contributed by atoms with E-state index >= 15 is 0 Å². The quantitative estimate of drug-likeness (QED) is 0.432. The van der Waals surface area contributed by atoms with Gasteiger partial charge in [0.1, 0.15) is 18.3 Å². The summed E-state index contributed by atoms with van der Waals surface area (Å²) in [4.78, 5) is 17.5. The molecule has 4 heterocycles. The van der Waals surface area contributed by atoms with Gasteiger partial charge in [0.15, 0.2) is 5.67 Å². The second-order valence-electron chi connectivity index (χ2n) is 11.2. The zero-order valence-electron chi connectivity index (χ0n) is 22.2. The van der Waals surface area contributed by atoms with E-state index in [0.29, 0.717) is 56.5 Å². The maximum atomic E-state index is 14.7. The molecule has 2 aromatic heterocycles. The van der Waals surface area contributed by atoms with Gasteiger partial charge in [-0.05, 0) is 61.3 Å². The highest BCUT2D eigenvalue weighted by Gasteiger charge is 2.39. The van der Waals surface area contributed by atoms with Gasteiger partial charge in [-0.3, -0.25) is 0 Å². The van der Waals surface area contributed by atoms with E-state index in [1.54, 1.807) is 17.2 Å². The monoisotopic (exact) mass is 526 g/mol. The van der Waals surface area contributed by atoms with Crippen LogP contribution in [0.5, 0.6) is 0 Å². The highest BCUT2D eigenvalue weighted by molar-refractivity contribution is 5.97. The van der Waals surface area contributed by atoms with Crippen molar-refractivity contribution < 1.29 is 19.0 Å². The maximum absolute atomic E-state index is 14.7. The molecule has 0 radical (unpaired) electrons. The summed E-state index contributed by atoms with van der Waals surface area (Å²) in [6, 6.07) is 7.97. The number of aromatic nitrogens is 3. The first kappa shape index (κ1) is 26.5. The molecule has 2 fully saturated rings. The van der Waals surface area contributed by atoms with Crippen LogP contribution in [-0.4, -0.2) is 75.4 Å². The lowest BCUT2D eigenvalue weighted by Crippen LogP contribution is -2.52. The Labute approximate surface area is 221 Å². The van der Waals surface area contributed by atoms with Crippen LogP contribution in [0.1, 0.15) is 51.5 Å². The van der Waals surface area contributed by atoms with Gasteiger partial charge in [-0.25, -0.2) is 18.7 Å². The molecule has 1 aromatic carbocycles. The number of nitrogens with zero attached hydrogens (tertiary/aromatic N) is 5. The van der Waals surface area contributed by atoms with E-state index in [9.17, 15) is 19.0 Å². The molecule has 5 rings (SSSR count). The first-order valence-corrected chi connectivity index (χ1v) is 13.3. The predicted octanol–water partition coefficient (Wildman–Crippen LogP) is 4.49. The Kier molecular flexibility index (Phi) is 7.13. The molecule has 0 bridgehead atoms. The number of rotatable bonds is 6. The van der Waals surface area contributed by atoms with E-state index < -0.39 is 24.0 Å². The van der Waals surface area contributed by atoms with Gasteiger partial charge in [0.2, 0.25) is 5.95 Å². The molecule has 3 N–H and O–H groups in total. The molecule has 2 atom stereocenters. The van der Waals surface area contributed by atoms with Crippen molar-refractivity contribution >= 4 is 34.0 Å². The zero-order valence-corrected chi connectivity index (χ0v) is 22.2. The third kappa shape index (κ3) is 5.24. The Hall–Kier alpha value is -3.11. The fourth-order valence-electron chi connectivity index (χ4n) is 5.40. The fraction of sp³-hybridized carbons (Fsp3) is 0.536. The molecule has 8 nitrogen and oxygen atoms in total. The summed E-state index contributed by atoms with van der Waals surface area (Å²) in [5, 5.41) is 25.6. The molecular formula is C28H36F2N6O2. The van der Waals surface area contributed by atoms with Gasteiger partial charge in [0.25, 0.3) is 0 Å². The minimum absolute atomic E-state index is 0.0194. The average molecular weight is 527 g/mol. The standard InChI is InChI=1S/C28H36F2N6O2/c1-18(2)19-4-5-22(35-12-8-28(38,16-29)9-13-35)21-15-32-25(14-20(19)21)33-24-6-10-31-26(34-24)36-11-7-23(37)27(3,30)17-36/h4-6,10,14-15,18,23,37-38H,7-9,11-13,16-17H2,1-3H3,(H,31,32,33,34)/t23-,27+/m1/s1. The van der Waals surface area contributed by atoms with Gasteiger partial charge in [0, 0.05) is 43.1 Å². The molecule has 0 unspecified atom stereocenters. The fourth-order valence-corrected chi connectivity index (χ4v) is 5.40. The number of halogens is 2. The van der Waals surface area contributed by atoms with E-state index in [4.69, 9.17) is 0 Å². The molecule has 0 spiro atoms. The summed E-state index contributed by atoms with van der Waals surface area (Å²) in [5.41, 5.74) is -0.749. The normalized spacial score (nSPS) is 23.7. The lowest BCUT2D eigenvalue weighted by Gasteiger charge is -2.38. The molecule has 3 aromatic rings. The van der Waals surface area contributed by atoms with Crippen molar-refractivity contribution in [2.75, 3.05) is 48.0 Å². The van der Waals surface area contributed by atoms with E-state index in [0.717, 1.165) is 16.5 Å². The summed E-state index contributed by atoms with van der Waals surface area (Å²) >= 11 is 0. The van der Waals surface area contributed by atoms with Crippen molar-refractivity contribution in [1.29, 1.82) is 0 Å². The van der Waals surface area contributed by atoms with Crippen LogP contribution in [0.3, 0.4) is 0 Å². The molecule has 2 aliphatic heterocycles. The molecule has 0 aliphatic carbocycles. The third-order valence-electron chi connectivity index (χ3n) is 7.87. The van der Waals surface area contributed by atoms with Crippen molar-refractivity contribution in [3.05, 3.63) is 42.2 Å². The van der Waals surface area contributed by atoms with E-state index in [-0.39, 0.29) is 12.5 Å². The topological polar surface area (TPSA) is 97.6 Å². The molecule has 2 aliphatic rings. The Morgan fingerprint density at radius 1 is 1.08 bits per heavy atom. The van der Waals surface area contributed by atoms with Crippen LogP contribution in [0.25, 0.3) is 10.8 Å². The van der Waals surface area contributed by atoms with E-state index in [2.05, 4.69) is 51.1 Å². The lowest BCUT2D eigenvalue weighted by atomic mass is 9.91. The Balaban J connectivity index is 1.42. The van der Waals surface area contributed by atoms with Crippen LogP contribution < -0.4 is 15.1 Å². The first-order valence-electron chi connectivity index (χ1n) is 13.3. The number of benzene rings is 1. The Morgan fingerprint density at radius 3 is 2.53 bits per heavy atom. The van der Waals surface area contributed by atoms with Crippen LogP contribution in [0, 0.1) is 0 Å². The molecule has 38 heavy (non-hydrogen) atoms. The van der Waals surface area contributed by atoms with Crippen LogP contribution >= 0.6 is 0 Å². The smallest absolute Gasteiger partial charge is 0.227 e. The number of anilines is 4. The number of hydrogen-bond donors (Lipinski definition) is 3. The summed E-state index contributed by atoms with van der Waals surface area (Å²) in [6.07, 6.45) is 3.55. The van der Waals surface area contributed by atoms with Gasteiger partial charge in [-0.15, -0.1) is 0 Å². The van der Waals surface area contributed by atoms with Crippen molar-refractivity contribution in [1.82, 2.24) is 15.0 Å². The molecular weight excluding hydrogens is 490 g/mol. The highest BCUT2D eigenvalue weighted by Crippen LogP contribution is 2.37. The van der Waals surface area contributed by atoms with Crippen molar-refractivity contribution in [3.63, 3.8) is 0 Å². The SMILES string of the molecule is CC(C)c1ccc(N2CCC(O)(CF)CC2)c2cnc(Nc3ccnc(N4CC[C@@H](O)[C@@](C)(F)C4)n3)cc12. The number of piperidine rings is 2. The van der Waals surface area contributed by atoms with Gasteiger partial charge >= 0.3 is 0 Å². The molecule has 10 heteroatoms. The summed E-state index contributed by atoms with van der Waals surface area (Å²) in [7, 11) is 0. The van der Waals surface area contributed by atoms with E-state index in [1.165, 1.54) is 12.5 Å². The van der Waals surface area contributed by atoms with Crippen molar-refractivity contribution in [2.45, 2.75) is 63.3 Å². The summed E-state index contributed by atoms with van der Waals surface area (Å²) in [6.45, 7) is 6.62. The summed E-state index contributed by atoms with van der Waals surface area (Å²) < 4.78 is 28.0. The number of nitrogens with one attached hydrogen (secondary N) is 1. The Bertz CT molecular complexity index is 1300. The van der Waals surface area contributed by atoms with Crippen molar-refractivity contribution in [2.24, 2.45) is 0 Å². The van der Waals surface area contributed by atoms with Gasteiger partial charge < -0.3 is 25.3 Å². The zero-order chi connectivity index (χ0) is 27.1. The molecule has 204 valence electrons.